The predicted octanol–water partition coefficient (Wildman–Crippen LogP) is 6.83. The first-order chi connectivity index (χ1) is 14.4. The number of unbranched alkanes of at least 4 members (excludes halogenated alkanes) is 1. The number of hydrogen-bond acceptors (Lipinski definition) is 0. The van der Waals surface area contributed by atoms with Gasteiger partial charge in [-0.05, 0) is 6.42 Å². The van der Waals surface area contributed by atoms with E-state index in [1.165, 1.54) is 0 Å². The molecule has 0 aliphatic heterocycles. The third-order valence-electron chi connectivity index (χ3n) is 4.20. The third-order valence-corrected chi connectivity index (χ3v) is 4.20. The van der Waals surface area contributed by atoms with Gasteiger partial charge in [-0.2, -0.15) is 61.5 Å². The van der Waals surface area contributed by atoms with Gasteiger partial charge in [-0.1, -0.05) is 17.9 Å². The summed E-state index contributed by atoms with van der Waals surface area (Å²) in [6.07, 6.45) is -11.0. The maximum absolute atomic E-state index is 14.2. The standard InChI is InChI=1S/C15H9F17N/c1-2-3-4-10(20,21)12(24,25)13(26,27)15(31,32)33-8(11(22,23)14(28,29)30)6(17)5(16)7(18)9(33)19/h2-4H2,1H3/q+1. The fourth-order valence-electron chi connectivity index (χ4n) is 2.38. The summed E-state index contributed by atoms with van der Waals surface area (Å²) in [6.45, 7) is 1.04. The first-order valence-corrected chi connectivity index (χ1v) is 8.19. The van der Waals surface area contributed by atoms with E-state index in [2.05, 4.69) is 0 Å². The van der Waals surface area contributed by atoms with Gasteiger partial charge >= 0.3 is 47.6 Å². The minimum atomic E-state index is -7.77. The van der Waals surface area contributed by atoms with Crippen molar-refractivity contribution in [3.8, 4) is 0 Å². The molecule has 1 aromatic heterocycles. The molecule has 0 radical (unpaired) electrons. The van der Waals surface area contributed by atoms with Crippen LogP contribution in [0.25, 0.3) is 0 Å². The summed E-state index contributed by atoms with van der Waals surface area (Å²) >= 11 is 0. The van der Waals surface area contributed by atoms with Crippen molar-refractivity contribution in [3.05, 3.63) is 29.1 Å². The van der Waals surface area contributed by atoms with E-state index in [4.69, 9.17) is 0 Å². The Bertz CT molecular complexity index is 886. The molecular weight excluding hydrogens is 517 g/mol. The number of pyridine rings is 1. The van der Waals surface area contributed by atoms with Crippen molar-refractivity contribution in [2.45, 2.75) is 62.1 Å². The van der Waals surface area contributed by atoms with Gasteiger partial charge in [-0.15, -0.1) is 13.2 Å². The number of hydrogen-bond donors (Lipinski definition) is 0. The van der Waals surface area contributed by atoms with Crippen molar-refractivity contribution in [1.82, 2.24) is 0 Å². The van der Waals surface area contributed by atoms with Crippen molar-refractivity contribution in [1.29, 1.82) is 0 Å². The normalized spacial score (nSPS) is 14.7. The molecule has 0 atom stereocenters. The van der Waals surface area contributed by atoms with Gasteiger partial charge in [0.1, 0.15) is 0 Å². The lowest BCUT2D eigenvalue weighted by molar-refractivity contribution is -0.879. The zero-order chi connectivity index (χ0) is 26.6. The molecule has 0 aromatic carbocycles. The van der Waals surface area contributed by atoms with Crippen LogP contribution in [0.2, 0.25) is 0 Å². The fourth-order valence-corrected chi connectivity index (χ4v) is 2.38. The largest absolute Gasteiger partial charge is 0.537 e. The maximum atomic E-state index is 14.2. The lowest BCUT2D eigenvalue weighted by atomic mass is 9.97. The van der Waals surface area contributed by atoms with Crippen molar-refractivity contribution in [3.63, 3.8) is 0 Å². The van der Waals surface area contributed by atoms with Gasteiger partial charge in [0.05, 0.1) is 0 Å². The van der Waals surface area contributed by atoms with Gasteiger partial charge in [0.15, 0.2) is 0 Å². The molecule has 1 rings (SSSR count). The Morgan fingerprint density at radius 3 is 1.48 bits per heavy atom. The Balaban J connectivity index is 4.09. The van der Waals surface area contributed by atoms with Crippen molar-refractivity contribution >= 4 is 0 Å². The van der Waals surface area contributed by atoms with E-state index in [9.17, 15) is 74.6 Å². The molecule has 1 nitrogen and oxygen atoms in total. The monoisotopic (exact) mass is 526 g/mol. The Labute approximate surface area is 171 Å². The van der Waals surface area contributed by atoms with Crippen molar-refractivity contribution in [2.75, 3.05) is 0 Å². The molecule has 18 heteroatoms. The fraction of sp³-hybridized carbons (Fsp3) is 0.667. The molecule has 0 aliphatic carbocycles. The third kappa shape index (κ3) is 4.17. The number of aromatic nitrogens is 1. The second-order valence-corrected chi connectivity index (χ2v) is 6.49. The van der Waals surface area contributed by atoms with Crippen LogP contribution in [0.1, 0.15) is 31.9 Å². The van der Waals surface area contributed by atoms with Crippen LogP contribution >= 0.6 is 0 Å². The highest BCUT2D eigenvalue weighted by atomic mass is 19.4. The van der Waals surface area contributed by atoms with Gasteiger partial charge in [0, 0.05) is 6.42 Å². The average molecular weight is 526 g/mol. The van der Waals surface area contributed by atoms with E-state index in [0.717, 1.165) is 6.92 Å². The molecule has 0 saturated carbocycles. The van der Waals surface area contributed by atoms with E-state index < -0.39 is 88.8 Å². The highest BCUT2D eigenvalue weighted by Gasteiger charge is 2.87. The summed E-state index contributed by atoms with van der Waals surface area (Å²) in [5.41, 5.74) is -4.41. The van der Waals surface area contributed by atoms with Crippen molar-refractivity contribution < 1.29 is 79.2 Å². The molecule has 1 aromatic rings. The van der Waals surface area contributed by atoms with E-state index in [1.54, 1.807) is 0 Å². The lowest BCUT2D eigenvalue weighted by Crippen LogP contribution is -2.74. The molecule has 0 saturated heterocycles. The van der Waals surface area contributed by atoms with Gasteiger partial charge in [-0.3, -0.25) is 0 Å². The Hall–Kier alpha value is -2.04. The summed E-state index contributed by atoms with van der Waals surface area (Å²) < 4.78 is 226. The second-order valence-electron chi connectivity index (χ2n) is 6.49. The Morgan fingerprint density at radius 2 is 1.09 bits per heavy atom. The maximum Gasteiger partial charge on any atom is 0.537 e. The van der Waals surface area contributed by atoms with E-state index in [0.29, 0.717) is 0 Å². The summed E-state index contributed by atoms with van der Waals surface area (Å²) in [5.74, 6) is -44.0. The molecule has 0 fully saturated rings. The Morgan fingerprint density at radius 1 is 0.636 bits per heavy atom. The van der Waals surface area contributed by atoms with Crippen LogP contribution < -0.4 is 4.57 Å². The number of nitrogens with zero attached hydrogens (tertiary/aromatic N) is 1. The Kier molecular flexibility index (Phi) is 7.31. The molecule has 0 amide bonds. The molecule has 1 heterocycles. The molecule has 0 N–H and O–H groups in total. The van der Waals surface area contributed by atoms with Gasteiger partial charge < -0.3 is 0 Å². The zero-order valence-corrected chi connectivity index (χ0v) is 15.5. The van der Waals surface area contributed by atoms with Crippen LogP contribution in [0, 0.1) is 23.4 Å². The SMILES string of the molecule is CCCCC(F)(F)C(F)(F)C(F)(F)C(F)(F)[n+]1c(F)c(F)c(F)c(F)c1C(F)(F)C(F)(F)F. The highest BCUT2D eigenvalue weighted by Crippen LogP contribution is 2.55. The number of rotatable bonds is 8. The first kappa shape index (κ1) is 29.0. The van der Waals surface area contributed by atoms with E-state index >= 15 is 0 Å². The van der Waals surface area contributed by atoms with Crippen LogP contribution in [-0.4, -0.2) is 23.9 Å². The average Bonchev–Trinajstić information content (AvgIpc) is 2.65. The molecule has 0 aliphatic rings. The molecule has 33 heavy (non-hydrogen) atoms. The highest BCUT2D eigenvalue weighted by molar-refractivity contribution is 5.14. The van der Waals surface area contributed by atoms with Crippen LogP contribution in [0.4, 0.5) is 74.6 Å². The van der Waals surface area contributed by atoms with E-state index in [1.807, 2.05) is 0 Å². The second kappa shape index (κ2) is 8.32. The number of halogens is 17. The quantitative estimate of drug-likeness (QED) is 0.199. The van der Waals surface area contributed by atoms with Gasteiger partial charge in [0.2, 0.25) is 11.6 Å². The summed E-state index contributed by atoms with van der Waals surface area (Å²) in [5, 5.41) is 0. The lowest BCUT2D eigenvalue weighted by Gasteiger charge is -2.34. The van der Waals surface area contributed by atoms with Crippen LogP contribution in [0.3, 0.4) is 0 Å². The summed E-state index contributed by atoms with van der Waals surface area (Å²) in [7, 11) is 0. The molecule has 0 spiro atoms. The molecular formula is C15H9F17N+. The minimum absolute atomic E-state index is 0.409. The topological polar surface area (TPSA) is 3.88 Å². The zero-order valence-electron chi connectivity index (χ0n) is 15.5. The van der Waals surface area contributed by atoms with E-state index in [-0.39, 0.29) is 0 Å². The van der Waals surface area contributed by atoms with Gasteiger partial charge in [0.25, 0.3) is 5.82 Å². The molecule has 192 valence electrons. The minimum Gasteiger partial charge on any atom is -0.200 e. The summed E-state index contributed by atoms with van der Waals surface area (Å²) in [6, 6.07) is -7.64. The van der Waals surface area contributed by atoms with Crippen LogP contribution in [-0.2, 0) is 12.0 Å². The first-order valence-electron chi connectivity index (χ1n) is 8.19. The van der Waals surface area contributed by atoms with Crippen LogP contribution in [0.15, 0.2) is 0 Å². The number of alkyl halides is 13. The van der Waals surface area contributed by atoms with Crippen molar-refractivity contribution in [2.24, 2.45) is 0 Å². The predicted molar refractivity (Wildman–Crippen MR) is 71.0 cm³/mol. The molecule has 0 unspecified atom stereocenters. The molecule has 0 bridgehead atoms. The van der Waals surface area contributed by atoms with Gasteiger partial charge in [-0.25, -0.2) is 0 Å². The summed E-state index contributed by atoms with van der Waals surface area (Å²) in [4.78, 5) is 0. The smallest absolute Gasteiger partial charge is 0.200 e. The van der Waals surface area contributed by atoms with Crippen LogP contribution in [0.5, 0.6) is 0 Å².